The normalized spacial score (nSPS) is 17.8. The molecule has 1 saturated heterocycles. The highest BCUT2D eigenvalue weighted by atomic mass is 79.9. The van der Waals surface area contributed by atoms with E-state index in [1.807, 2.05) is 0 Å². The molecule has 2 aliphatic heterocycles. The maximum absolute atomic E-state index is 13.2. The molecule has 2 aliphatic rings. The average Bonchev–Trinajstić information content (AvgIpc) is 3.59. The molecule has 15 heteroatoms. The van der Waals surface area contributed by atoms with E-state index in [0.29, 0.717) is 25.7 Å². The number of aliphatic hydroxyl groups is 5. The Morgan fingerprint density at radius 2 is 1.12 bits per heavy atom. The molecule has 0 aliphatic carbocycles. The Morgan fingerprint density at radius 1 is 0.653 bits per heavy atom. The van der Waals surface area contributed by atoms with Gasteiger partial charge >= 0.3 is 0 Å². The van der Waals surface area contributed by atoms with Gasteiger partial charge < -0.3 is 45.1 Å². The standard InChI is InChI=1S/C60H61BrN2O11S/c1-4-6-8-10-12-14-16-18-19-20-21-22-23-24-25-26-27-28-30-32-34-36-38-43-51(66)62-48(53(67)49(65)42-37-35-33-31-29-17-15-13-11-9-7-5-2)45-73-60-56(70)55(69)54(68)50(74-60)46-75-57-52(61)58(71)63(59(57)72)44-40-39-41-47(3)64/h48-50,53-56,60,65,67-70H,5,7,9,11,13,15,17,29,31,33,35,37,39-42,44-46H2,1-3H3,(H,62,66)/t48-,49+,50?,53-,54-,55-,56?,60-/m0/s1. The molecule has 390 valence electrons. The summed E-state index contributed by atoms with van der Waals surface area (Å²) in [5.74, 6) is 57.2. The fraction of sp³-hybridized carbons (Fsp3) is 0.500. The summed E-state index contributed by atoms with van der Waals surface area (Å²) in [6, 6.07) is -1.31. The Kier molecular flexibility index (Phi) is 34.9. The number of imide groups is 1. The molecule has 75 heavy (non-hydrogen) atoms. The highest BCUT2D eigenvalue weighted by Gasteiger charge is 2.46. The number of carbonyl (C=O) groups is 4. The molecule has 8 atom stereocenters. The van der Waals surface area contributed by atoms with Gasteiger partial charge in [-0.2, -0.15) is 0 Å². The number of halogens is 1. The third-order valence-electron chi connectivity index (χ3n) is 10.8. The SMILES string of the molecule is CC#CC#CC#CC#CC#CC#CC#CC#CC#CC#CC#CC#CC(=O)N[C@@H](CO[C@H]1OC(CSC2=C(Br)C(=O)N(CCCCC(C)=O)C2=O)[C@H](O)[C@H](O)C1O)[C@H](O)[C@H](O)CCCCCCCCCCCCCC. The van der Waals surface area contributed by atoms with E-state index >= 15 is 0 Å². The zero-order valence-corrected chi connectivity index (χ0v) is 44.9. The number of unbranched alkanes of at least 4 members (excludes halogenated alkanes) is 12. The van der Waals surface area contributed by atoms with Crippen molar-refractivity contribution in [2.45, 2.75) is 172 Å². The Bertz CT molecular complexity index is 2810. The minimum Gasteiger partial charge on any atom is -0.390 e. The molecule has 0 bridgehead atoms. The summed E-state index contributed by atoms with van der Waals surface area (Å²) < 4.78 is 11.7. The second-order valence-corrected chi connectivity index (χ2v) is 18.5. The fourth-order valence-electron chi connectivity index (χ4n) is 6.89. The molecule has 0 saturated carbocycles. The molecule has 13 nitrogen and oxygen atoms in total. The van der Waals surface area contributed by atoms with Crippen molar-refractivity contribution < 1.29 is 54.2 Å². The minimum absolute atomic E-state index is 0.00183. The third-order valence-corrected chi connectivity index (χ3v) is 13.0. The van der Waals surface area contributed by atoms with Crippen molar-refractivity contribution in [2.75, 3.05) is 18.9 Å². The third kappa shape index (κ3) is 28.0. The van der Waals surface area contributed by atoms with Gasteiger partial charge in [0.05, 0.1) is 29.8 Å². The maximum Gasteiger partial charge on any atom is 0.297 e. The predicted octanol–water partition coefficient (Wildman–Crippen LogP) is 3.64. The number of Topliss-reactive ketones (excluding diaryl/α,β-unsaturated/α-hetero) is 1. The van der Waals surface area contributed by atoms with Crippen molar-refractivity contribution in [1.29, 1.82) is 0 Å². The summed E-state index contributed by atoms with van der Waals surface area (Å²) >= 11 is 4.08. The number of nitrogens with one attached hydrogen (secondary N) is 1. The van der Waals surface area contributed by atoms with Crippen LogP contribution in [0.25, 0.3) is 0 Å². The number of nitrogens with zero attached hydrogens (tertiary/aromatic N) is 1. The van der Waals surface area contributed by atoms with Gasteiger partial charge in [0, 0.05) is 60.2 Å². The highest BCUT2D eigenvalue weighted by molar-refractivity contribution is 9.12. The van der Waals surface area contributed by atoms with Crippen molar-refractivity contribution in [1.82, 2.24) is 10.2 Å². The van der Waals surface area contributed by atoms with Crippen molar-refractivity contribution in [2.24, 2.45) is 0 Å². The van der Waals surface area contributed by atoms with Gasteiger partial charge in [-0.3, -0.25) is 19.3 Å². The van der Waals surface area contributed by atoms with Crippen LogP contribution in [0.15, 0.2) is 9.39 Å². The number of amides is 3. The number of ether oxygens (including phenoxy) is 2. The van der Waals surface area contributed by atoms with Gasteiger partial charge in [0.25, 0.3) is 17.7 Å². The molecule has 0 aromatic rings. The molecule has 0 aromatic heterocycles. The molecular formula is C60H61BrN2O11S. The topological polar surface area (TPSA) is 203 Å². The van der Waals surface area contributed by atoms with Crippen molar-refractivity contribution in [3.05, 3.63) is 9.39 Å². The number of rotatable bonds is 27. The van der Waals surface area contributed by atoms with Crippen LogP contribution in [0, 0.1) is 142 Å². The van der Waals surface area contributed by atoms with E-state index in [4.69, 9.17) is 9.47 Å². The van der Waals surface area contributed by atoms with E-state index in [1.54, 1.807) is 6.92 Å². The Balaban J connectivity index is 2.08. The van der Waals surface area contributed by atoms with Crippen molar-refractivity contribution in [3.8, 4) is 142 Å². The van der Waals surface area contributed by atoms with Gasteiger partial charge in [-0.25, -0.2) is 0 Å². The summed E-state index contributed by atoms with van der Waals surface area (Å²) in [6.45, 7) is 4.89. The molecule has 2 rings (SSSR count). The monoisotopic (exact) mass is 1100 g/mol. The largest absolute Gasteiger partial charge is 0.390 e. The first kappa shape index (κ1) is 64.4. The molecule has 0 spiro atoms. The lowest BCUT2D eigenvalue weighted by molar-refractivity contribution is -0.294. The molecule has 0 radical (unpaired) electrons. The first-order valence-corrected chi connectivity index (χ1v) is 26.4. The van der Waals surface area contributed by atoms with Gasteiger partial charge in [0.15, 0.2) is 6.29 Å². The van der Waals surface area contributed by atoms with E-state index in [-0.39, 0.29) is 33.9 Å². The number of thioether (sulfide) groups is 1. The average molecular weight is 1100 g/mol. The van der Waals surface area contributed by atoms with Crippen molar-refractivity contribution >= 4 is 51.2 Å². The fourth-order valence-corrected chi connectivity index (χ4v) is 8.67. The van der Waals surface area contributed by atoms with Gasteiger partial charge in [0.1, 0.15) is 34.7 Å². The highest BCUT2D eigenvalue weighted by Crippen LogP contribution is 2.36. The van der Waals surface area contributed by atoms with Crippen LogP contribution in [0.3, 0.4) is 0 Å². The molecule has 0 aromatic carbocycles. The first-order chi connectivity index (χ1) is 36.3. The van der Waals surface area contributed by atoms with E-state index in [0.717, 1.165) is 42.3 Å². The van der Waals surface area contributed by atoms with Crippen LogP contribution < -0.4 is 5.32 Å². The second kappa shape index (κ2) is 40.6. The zero-order chi connectivity index (χ0) is 54.9. The smallest absolute Gasteiger partial charge is 0.297 e. The van der Waals surface area contributed by atoms with Crippen LogP contribution in [0.4, 0.5) is 0 Å². The summed E-state index contributed by atoms with van der Waals surface area (Å²) in [4.78, 5) is 51.5. The quantitative estimate of drug-likeness (QED) is 0.0397. The van der Waals surface area contributed by atoms with E-state index < -0.39 is 73.3 Å². The van der Waals surface area contributed by atoms with Crippen LogP contribution >= 0.6 is 27.7 Å². The van der Waals surface area contributed by atoms with Crippen LogP contribution in [-0.4, -0.2) is 122 Å². The number of hydrogen-bond donors (Lipinski definition) is 6. The lowest BCUT2D eigenvalue weighted by Gasteiger charge is -2.41. The molecule has 2 heterocycles. The van der Waals surface area contributed by atoms with Crippen LogP contribution in [0.1, 0.15) is 124 Å². The van der Waals surface area contributed by atoms with Gasteiger partial charge in [-0.05, 0) is 144 Å². The van der Waals surface area contributed by atoms with Gasteiger partial charge in [0.2, 0.25) is 0 Å². The minimum atomic E-state index is -1.80. The Hall–Kier alpha value is -6.71. The summed E-state index contributed by atoms with van der Waals surface area (Å²) in [5, 5.41) is 57.4. The second-order valence-electron chi connectivity index (χ2n) is 16.7. The lowest BCUT2D eigenvalue weighted by atomic mass is 9.98. The van der Waals surface area contributed by atoms with Crippen molar-refractivity contribution in [3.63, 3.8) is 0 Å². The number of hydrogen-bond acceptors (Lipinski definition) is 12. The zero-order valence-electron chi connectivity index (χ0n) is 42.5. The van der Waals surface area contributed by atoms with Crippen LogP contribution in [0.2, 0.25) is 0 Å². The molecule has 3 amide bonds. The number of ketones is 1. The molecular weight excluding hydrogens is 1040 g/mol. The Morgan fingerprint density at radius 3 is 1.60 bits per heavy atom. The Labute approximate surface area is 456 Å². The number of aliphatic hydroxyl groups excluding tert-OH is 5. The maximum atomic E-state index is 13.2. The molecule has 2 unspecified atom stereocenters. The van der Waals surface area contributed by atoms with Gasteiger partial charge in [-0.1, -0.05) is 89.9 Å². The van der Waals surface area contributed by atoms with Crippen LogP contribution in [0.5, 0.6) is 0 Å². The van der Waals surface area contributed by atoms with E-state index in [9.17, 15) is 44.7 Å². The predicted molar refractivity (Wildman–Crippen MR) is 291 cm³/mol. The molecule has 6 N–H and O–H groups in total. The van der Waals surface area contributed by atoms with Crippen LogP contribution in [-0.2, 0) is 28.7 Å². The van der Waals surface area contributed by atoms with E-state index in [2.05, 4.69) is 170 Å². The summed E-state index contributed by atoms with van der Waals surface area (Å²) in [7, 11) is 0. The van der Waals surface area contributed by atoms with E-state index in [1.165, 1.54) is 51.9 Å². The lowest BCUT2D eigenvalue weighted by Crippen LogP contribution is -2.60. The van der Waals surface area contributed by atoms with Gasteiger partial charge in [-0.15, -0.1) is 11.8 Å². The first-order valence-electron chi connectivity index (χ1n) is 24.6. The molecule has 1 fully saturated rings. The summed E-state index contributed by atoms with van der Waals surface area (Å²) in [5.41, 5.74) is 0. The summed E-state index contributed by atoms with van der Waals surface area (Å²) in [6.07, 6.45) is 3.88. The number of carbonyl (C=O) groups excluding carboxylic acids is 4.